The van der Waals surface area contributed by atoms with E-state index in [9.17, 15) is 0 Å². The maximum absolute atomic E-state index is 5.79. The average molecular weight is 196 g/mol. The Hall–Kier alpha value is -0.340. The molecule has 0 saturated heterocycles. The zero-order valence-electron chi connectivity index (χ0n) is 9.72. The molecular weight excluding hydrogens is 172 g/mol. The van der Waals surface area contributed by atoms with Crippen molar-refractivity contribution in [2.24, 2.45) is 17.1 Å². The highest BCUT2D eigenvalue weighted by Crippen LogP contribution is 2.19. The van der Waals surface area contributed by atoms with Crippen molar-refractivity contribution >= 4 is 0 Å². The molecule has 0 aliphatic heterocycles. The van der Waals surface area contributed by atoms with E-state index < -0.39 is 0 Å². The van der Waals surface area contributed by atoms with Crippen LogP contribution >= 0.6 is 0 Å². The first-order valence-corrected chi connectivity index (χ1v) is 5.68. The zero-order chi connectivity index (χ0) is 10.6. The van der Waals surface area contributed by atoms with E-state index in [1.165, 1.54) is 6.42 Å². The van der Waals surface area contributed by atoms with Crippen molar-refractivity contribution in [3.8, 4) is 0 Å². The SMILES string of the molecule is CCC(C)(C)CNCC1C=CC(N)C1. The molecule has 2 atom stereocenters. The smallest absolute Gasteiger partial charge is 0.0229 e. The van der Waals surface area contributed by atoms with Gasteiger partial charge in [-0.05, 0) is 24.2 Å². The van der Waals surface area contributed by atoms with Crippen molar-refractivity contribution in [3.63, 3.8) is 0 Å². The second-order valence-electron chi connectivity index (χ2n) is 5.19. The first-order valence-electron chi connectivity index (χ1n) is 5.68. The van der Waals surface area contributed by atoms with Gasteiger partial charge in [0.1, 0.15) is 0 Å². The molecule has 1 aliphatic carbocycles. The van der Waals surface area contributed by atoms with Gasteiger partial charge in [0, 0.05) is 19.1 Å². The van der Waals surface area contributed by atoms with Crippen molar-refractivity contribution in [1.29, 1.82) is 0 Å². The van der Waals surface area contributed by atoms with E-state index in [-0.39, 0.29) is 0 Å². The third kappa shape index (κ3) is 3.81. The summed E-state index contributed by atoms with van der Waals surface area (Å²) in [4.78, 5) is 0. The Balaban J connectivity index is 2.13. The highest BCUT2D eigenvalue weighted by atomic mass is 14.9. The van der Waals surface area contributed by atoms with Gasteiger partial charge in [0.25, 0.3) is 0 Å². The lowest BCUT2D eigenvalue weighted by molar-refractivity contribution is 0.321. The molecular formula is C12H24N2. The van der Waals surface area contributed by atoms with Crippen LogP contribution in [0.1, 0.15) is 33.6 Å². The molecule has 2 unspecified atom stereocenters. The molecule has 1 rings (SSSR count). The van der Waals surface area contributed by atoms with Gasteiger partial charge in [-0.25, -0.2) is 0 Å². The van der Waals surface area contributed by atoms with Crippen LogP contribution < -0.4 is 11.1 Å². The quantitative estimate of drug-likeness (QED) is 0.659. The second kappa shape index (κ2) is 4.94. The highest BCUT2D eigenvalue weighted by Gasteiger charge is 2.17. The minimum atomic E-state index is 0.293. The molecule has 0 aromatic rings. The van der Waals surface area contributed by atoms with Crippen LogP contribution in [0.3, 0.4) is 0 Å². The molecule has 3 N–H and O–H groups in total. The van der Waals surface area contributed by atoms with Crippen molar-refractivity contribution in [3.05, 3.63) is 12.2 Å². The summed E-state index contributed by atoms with van der Waals surface area (Å²) < 4.78 is 0. The molecule has 1 aliphatic rings. The van der Waals surface area contributed by atoms with Crippen LogP contribution in [0.5, 0.6) is 0 Å². The molecule has 0 saturated carbocycles. The Morgan fingerprint density at radius 3 is 2.64 bits per heavy atom. The summed E-state index contributed by atoms with van der Waals surface area (Å²) in [5.74, 6) is 0.651. The van der Waals surface area contributed by atoms with Gasteiger partial charge in [-0.1, -0.05) is 32.9 Å². The number of hydrogen-bond donors (Lipinski definition) is 2. The fraction of sp³-hybridized carbons (Fsp3) is 0.833. The van der Waals surface area contributed by atoms with E-state index in [1.54, 1.807) is 0 Å². The lowest BCUT2D eigenvalue weighted by atomic mass is 9.90. The van der Waals surface area contributed by atoms with Gasteiger partial charge in [-0.2, -0.15) is 0 Å². The van der Waals surface area contributed by atoms with Gasteiger partial charge in [-0.3, -0.25) is 0 Å². The van der Waals surface area contributed by atoms with Gasteiger partial charge in [0.05, 0.1) is 0 Å². The van der Waals surface area contributed by atoms with E-state index in [0.717, 1.165) is 19.5 Å². The third-order valence-electron chi connectivity index (χ3n) is 3.17. The Labute approximate surface area is 87.9 Å². The van der Waals surface area contributed by atoms with Crippen LogP contribution in [0, 0.1) is 11.3 Å². The lowest BCUT2D eigenvalue weighted by Crippen LogP contribution is -2.32. The summed E-state index contributed by atoms with van der Waals surface area (Å²) in [6, 6.07) is 0.293. The predicted octanol–water partition coefficient (Wildman–Crippen LogP) is 1.92. The topological polar surface area (TPSA) is 38.0 Å². The maximum Gasteiger partial charge on any atom is 0.0229 e. The Morgan fingerprint density at radius 2 is 2.14 bits per heavy atom. The normalized spacial score (nSPS) is 27.1. The van der Waals surface area contributed by atoms with Gasteiger partial charge < -0.3 is 11.1 Å². The molecule has 2 nitrogen and oxygen atoms in total. The van der Waals surface area contributed by atoms with Crippen molar-refractivity contribution in [1.82, 2.24) is 5.32 Å². The van der Waals surface area contributed by atoms with Crippen molar-refractivity contribution in [2.45, 2.75) is 39.7 Å². The largest absolute Gasteiger partial charge is 0.324 e. The standard InChI is InChI=1S/C12H24N2/c1-4-12(2,3)9-14-8-10-5-6-11(13)7-10/h5-6,10-11,14H,4,7-9,13H2,1-3H3. The van der Waals surface area contributed by atoms with Gasteiger partial charge in [0.15, 0.2) is 0 Å². The summed E-state index contributed by atoms with van der Waals surface area (Å²) in [5.41, 5.74) is 6.22. The van der Waals surface area contributed by atoms with Crippen LogP contribution in [0.15, 0.2) is 12.2 Å². The number of hydrogen-bond acceptors (Lipinski definition) is 2. The van der Waals surface area contributed by atoms with E-state index in [4.69, 9.17) is 5.73 Å². The van der Waals surface area contributed by atoms with E-state index in [2.05, 4.69) is 38.2 Å². The molecule has 0 aromatic carbocycles. The molecule has 2 heteroatoms. The average Bonchev–Trinajstić information content (AvgIpc) is 2.51. The van der Waals surface area contributed by atoms with Gasteiger partial charge in [-0.15, -0.1) is 0 Å². The Kier molecular flexibility index (Phi) is 4.14. The fourth-order valence-electron chi connectivity index (χ4n) is 1.68. The summed E-state index contributed by atoms with van der Waals surface area (Å²) in [7, 11) is 0. The van der Waals surface area contributed by atoms with Crippen LogP contribution in [-0.4, -0.2) is 19.1 Å². The Morgan fingerprint density at radius 1 is 1.43 bits per heavy atom. The van der Waals surface area contributed by atoms with E-state index in [0.29, 0.717) is 17.4 Å². The van der Waals surface area contributed by atoms with Gasteiger partial charge >= 0.3 is 0 Å². The molecule has 0 spiro atoms. The van der Waals surface area contributed by atoms with Crippen LogP contribution in [-0.2, 0) is 0 Å². The second-order valence-corrected chi connectivity index (χ2v) is 5.19. The molecule has 14 heavy (non-hydrogen) atoms. The number of nitrogens with two attached hydrogens (primary N) is 1. The molecule has 0 heterocycles. The van der Waals surface area contributed by atoms with E-state index >= 15 is 0 Å². The molecule has 0 radical (unpaired) electrons. The van der Waals surface area contributed by atoms with Crippen LogP contribution in [0.4, 0.5) is 0 Å². The fourth-order valence-corrected chi connectivity index (χ4v) is 1.68. The van der Waals surface area contributed by atoms with Crippen molar-refractivity contribution < 1.29 is 0 Å². The molecule has 0 aromatic heterocycles. The lowest BCUT2D eigenvalue weighted by Gasteiger charge is -2.24. The third-order valence-corrected chi connectivity index (χ3v) is 3.17. The summed E-state index contributed by atoms with van der Waals surface area (Å²) in [5, 5.41) is 3.53. The molecule has 0 bridgehead atoms. The summed E-state index contributed by atoms with van der Waals surface area (Å²) in [6.07, 6.45) is 6.70. The monoisotopic (exact) mass is 196 g/mol. The Bertz CT molecular complexity index is 196. The van der Waals surface area contributed by atoms with Crippen LogP contribution in [0.25, 0.3) is 0 Å². The van der Waals surface area contributed by atoms with Crippen molar-refractivity contribution in [2.75, 3.05) is 13.1 Å². The maximum atomic E-state index is 5.79. The van der Waals surface area contributed by atoms with Gasteiger partial charge in [0.2, 0.25) is 0 Å². The van der Waals surface area contributed by atoms with E-state index in [1.807, 2.05) is 0 Å². The molecule has 0 fully saturated rings. The molecule has 0 amide bonds. The minimum Gasteiger partial charge on any atom is -0.324 e. The predicted molar refractivity (Wildman–Crippen MR) is 62.2 cm³/mol. The first-order chi connectivity index (χ1) is 6.53. The number of rotatable bonds is 5. The summed E-state index contributed by atoms with van der Waals surface area (Å²) >= 11 is 0. The molecule has 82 valence electrons. The number of nitrogens with one attached hydrogen (secondary N) is 1. The zero-order valence-corrected chi connectivity index (χ0v) is 9.72. The minimum absolute atomic E-state index is 0.293. The highest BCUT2D eigenvalue weighted by molar-refractivity contribution is 5.05. The van der Waals surface area contributed by atoms with Crippen LogP contribution in [0.2, 0.25) is 0 Å². The first kappa shape index (κ1) is 11.7. The summed E-state index contributed by atoms with van der Waals surface area (Å²) in [6.45, 7) is 9.02.